The maximum atomic E-state index is 12.8. The summed E-state index contributed by atoms with van der Waals surface area (Å²) in [4.78, 5) is 22.2. The van der Waals surface area contributed by atoms with E-state index >= 15 is 0 Å². The molecule has 1 saturated heterocycles. The van der Waals surface area contributed by atoms with Crippen LogP contribution in [0.5, 0.6) is 0 Å². The molecule has 2 heterocycles. The molecular formula is C24H32Cl2N4O. The van der Waals surface area contributed by atoms with Crippen LogP contribution in [-0.4, -0.2) is 48.0 Å². The first-order valence-electron chi connectivity index (χ1n) is 11.1. The summed E-state index contributed by atoms with van der Waals surface area (Å²) >= 11 is 12.2. The Balaban J connectivity index is 1.70. The Labute approximate surface area is 195 Å². The SMILES string of the molecule is CCCN(CC)C(C)C1CCN(c2ncc(Cl)cc2NC(=O)c2cccc(Cl)c2)CC1. The molecule has 1 N–H and O–H groups in total. The minimum atomic E-state index is -0.227. The van der Waals surface area contributed by atoms with Gasteiger partial charge in [0, 0.05) is 35.9 Å². The predicted molar refractivity (Wildman–Crippen MR) is 131 cm³/mol. The molecule has 2 aromatic rings. The first kappa shape index (κ1) is 23.8. The molecular weight excluding hydrogens is 431 g/mol. The van der Waals surface area contributed by atoms with Crippen LogP contribution in [0.25, 0.3) is 0 Å². The summed E-state index contributed by atoms with van der Waals surface area (Å²) in [6.07, 6.45) is 5.03. The lowest BCUT2D eigenvalue weighted by molar-refractivity contribution is 0.102. The lowest BCUT2D eigenvalue weighted by atomic mass is 9.89. The lowest BCUT2D eigenvalue weighted by Crippen LogP contribution is -2.44. The van der Waals surface area contributed by atoms with Gasteiger partial charge >= 0.3 is 0 Å². The smallest absolute Gasteiger partial charge is 0.255 e. The molecule has 7 heteroatoms. The van der Waals surface area contributed by atoms with Gasteiger partial charge in [-0.25, -0.2) is 4.98 Å². The van der Waals surface area contributed by atoms with Crippen molar-refractivity contribution < 1.29 is 4.79 Å². The molecule has 1 atom stereocenters. The normalized spacial score (nSPS) is 15.9. The number of hydrogen-bond donors (Lipinski definition) is 1. The molecule has 1 unspecified atom stereocenters. The van der Waals surface area contributed by atoms with Crippen LogP contribution in [0.1, 0.15) is 50.4 Å². The monoisotopic (exact) mass is 462 g/mol. The van der Waals surface area contributed by atoms with Crippen molar-refractivity contribution in [1.29, 1.82) is 0 Å². The summed E-state index contributed by atoms with van der Waals surface area (Å²) in [5.74, 6) is 1.21. The van der Waals surface area contributed by atoms with Crippen molar-refractivity contribution in [2.24, 2.45) is 5.92 Å². The second-order valence-corrected chi connectivity index (χ2v) is 9.06. The molecule has 1 aliphatic rings. The van der Waals surface area contributed by atoms with Crippen LogP contribution in [0.4, 0.5) is 11.5 Å². The molecule has 0 aliphatic carbocycles. The molecule has 0 spiro atoms. The highest BCUT2D eigenvalue weighted by Gasteiger charge is 2.28. The van der Waals surface area contributed by atoms with Crippen LogP contribution < -0.4 is 10.2 Å². The van der Waals surface area contributed by atoms with Crippen molar-refractivity contribution in [3.63, 3.8) is 0 Å². The Bertz CT molecular complexity index is 884. The minimum Gasteiger partial charge on any atom is -0.355 e. The van der Waals surface area contributed by atoms with E-state index in [4.69, 9.17) is 23.2 Å². The summed E-state index contributed by atoms with van der Waals surface area (Å²) in [6.45, 7) is 10.9. The number of anilines is 2. The number of hydrogen-bond acceptors (Lipinski definition) is 4. The molecule has 1 amide bonds. The molecule has 168 valence electrons. The highest BCUT2D eigenvalue weighted by atomic mass is 35.5. The number of amides is 1. The maximum Gasteiger partial charge on any atom is 0.255 e. The number of piperidine rings is 1. The van der Waals surface area contributed by atoms with Gasteiger partial charge in [0.15, 0.2) is 5.82 Å². The van der Waals surface area contributed by atoms with Gasteiger partial charge in [0.1, 0.15) is 0 Å². The zero-order valence-corrected chi connectivity index (χ0v) is 20.1. The fourth-order valence-corrected chi connectivity index (χ4v) is 4.78. The minimum absolute atomic E-state index is 0.227. The van der Waals surface area contributed by atoms with Crippen LogP contribution in [0.15, 0.2) is 36.5 Å². The second kappa shape index (κ2) is 11.2. The standard InChI is InChI=1S/C24H32Cl2N4O/c1-4-11-29(5-2)17(3)18-9-12-30(13-10-18)23-22(15-21(26)16-27-23)28-24(31)19-7-6-8-20(25)14-19/h6-8,14-18H,4-5,9-13H2,1-3H3,(H,28,31). The molecule has 1 aromatic heterocycles. The zero-order chi connectivity index (χ0) is 22.4. The number of carbonyl (C=O) groups excluding carboxylic acids is 1. The molecule has 0 radical (unpaired) electrons. The van der Waals surface area contributed by atoms with E-state index in [1.54, 1.807) is 36.5 Å². The topological polar surface area (TPSA) is 48.5 Å². The van der Waals surface area contributed by atoms with Gasteiger partial charge in [-0.1, -0.05) is 43.1 Å². The van der Waals surface area contributed by atoms with Crippen molar-refractivity contribution in [2.75, 3.05) is 36.4 Å². The van der Waals surface area contributed by atoms with Gasteiger partial charge < -0.3 is 15.1 Å². The van der Waals surface area contributed by atoms with Gasteiger partial charge in [-0.2, -0.15) is 0 Å². The molecule has 5 nitrogen and oxygen atoms in total. The molecule has 31 heavy (non-hydrogen) atoms. The van der Waals surface area contributed by atoms with Crippen molar-refractivity contribution in [3.8, 4) is 0 Å². The van der Waals surface area contributed by atoms with E-state index in [9.17, 15) is 4.79 Å². The van der Waals surface area contributed by atoms with Gasteiger partial charge in [-0.3, -0.25) is 4.79 Å². The number of aromatic nitrogens is 1. The predicted octanol–water partition coefficient (Wildman–Crippen LogP) is 5.98. The van der Waals surface area contributed by atoms with E-state index in [0.717, 1.165) is 44.8 Å². The van der Waals surface area contributed by atoms with Gasteiger partial charge in [0.05, 0.1) is 10.7 Å². The van der Waals surface area contributed by atoms with Crippen LogP contribution >= 0.6 is 23.2 Å². The Hall–Kier alpha value is -1.82. The quantitative estimate of drug-likeness (QED) is 0.524. The first-order valence-corrected chi connectivity index (χ1v) is 11.9. The van der Waals surface area contributed by atoms with E-state index in [0.29, 0.717) is 33.3 Å². The molecule has 1 aliphatic heterocycles. The second-order valence-electron chi connectivity index (χ2n) is 8.18. The number of carbonyl (C=O) groups is 1. The molecule has 1 fully saturated rings. The Morgan fingerprint density at radius 2 is 1.97 bits per heavy atom. The number of pyridine rings is 1. The summed E-state index contributed by atoms with van der Waals surface area (Å²) < 4.78 is 0. The third kappa shape index (κ3) is 6.12. The van der Waals surface area contributed by atoms with Crippen molar-refractivity contribution >= 4 is 40.6 Å². The van der Waals surface area contributed by atoms with Gasteiger partial charge in [0.2, 0.25) is 0 Å². The van der Waals surface area contributed by atoms with E-state index in [1.807, 2.05) is 0 Å². The summed E-state index contributed by atoms with van der Waals surface area (Å²) in [6, 6.07) is 9.24. The van der Waals surface area contributed by atoms with Crippen LogP contribution in [0.3, 0.4) is 0 Å². The van der Waals surface area contributed by atoms with E-state index < -0.39 is 0 Å². The van der Waals surface area contributed by atoms with E-state index in [1.165, 1.54) is 6.42 Å². The van der Waals surface area contributed by atoms with Crippen LogP contribution in [0.2, 0.25) is 10.0 Å². The fraction of sp³-hybridized carbons (Fsp3) is 0.500. The number of halogens is 2. The average molecular weight is 463 g/mol. The molecule has 0 saturated carbocycles. The van der Waals surface area contributed by atoms with Crippen molar-refractivity contribution in [1.82, 2.24) is 9.88 Å². The van der Waals surface area contributed by atoms with Gasteiger partial charge in [0.25, 0.3) is 5.91 Å². The highest BCUT2D eigenvalue weighted by Crippen LogP contribution is 2.32. The summed E-state index contributed by atoms with van der Waals surface area (Å²) in [7, 11) is 0. The van der Waals surface area contributed by atoms with Gasteiger partial charge in [-0.05, 0) is 69.5 Å². The third-order valence-electron chi connectivity index (χ3n) is 6.18. The van der Waals surface area contributed by atoms with Crippen molar-refractivity contribution in [3.05, 3.63) is 52.1 Å². The van der Waals surface area contributed by atoms with Crippen molar-refractivity contribution in [2.45, 2.75) is 46.1 Å². The summed E-state index contributed by atoms with van der Waals surface area (Å²) in [5, 5.41) is 3.99. The van der Waals surface area contributed by atoms with E-state index in [-0.39, 0.29) is 5.91 Å². The van der Waals surface area contributed by atoms with Crippen LogP contribution in [0, 0.1) is 5.92 Å². The summed E-state index contributed by atoms with van der Waals surface area (Å²) in [5.41, 5.74) is 1.13. The molecule has 1 aromatic carbocycles. The van der Waals surface area contributed by atoms with E-state index in [2.05, 4.69) is 40.9 Å². The fourth-order valence-electron chi connectivity index (χ4n) is 4.43. The Morgan fingerprint density at radius 1 is 1.23 bits per heavy atom. The molecule has 3 rings (SSSR count). The zero-order valence-electron chi connectivity index (χ0n) is 18.6. The Morgan fingerprint density at radius 3 is 2.61 bits per heavy atom. The van der Waals surface area contributed by atoms with Gasteiger partial charge in [-0.15, -0.1) is 0 Å². The number of benzene rings is 1. The third-order valence-corrected chi connectivity index (χ3v) is 6.62. The average Bonchev–Trinajstić information content (AvgIpc) is 2.77. The first-order chi connectivity index (χ1) is 14.9. The van der Waals surface area contributed by atoms with Crippen LogP contribution in [-0.2, 0) is 0 Å². The Kier molecular flexibility index (Phi) is 8.58. The number of rotatable bonds is 8. The maximum absolute atomic E-state index is 12.8. The molecule has 0 bridgehead atoms. The lowest BCUT2D eigenvalue weighted by Gasteiger charge is -2.40. The number of nitrogens with zero attached hydrogens (tertiary/aromatic N) is 3. The highest BCUT2D eigenvalue weighted by molar-refractivity contribution is 6.31. The largest absolute Gasteiger partial charge is 0.355 e. The number of nitrogens with one attached hydrogen (secondary N) is 1.